The molecule has 1 amide bonds. The van der Waals surface area contributed by atoms with E-state index in [1.54, 1.807) is 50.8 Å². The first-order valence-electron chi connectivity index (χ1n) is 11.6. The Hall–Kier alpha value is -3.63. The molecule has 0 saturated carbocycles. The molecule has 1 fully saturated rings. The van der Waals surface area contributed by atoms with E-state index in [0.717, 1.165) is 5.69 Å². The summed E-state index contributed by atoms with van der Waals surface area (Å²) in [5, 5.41) is 0. The molecule has 200 valence electrons. The fraction of sp³-hybridized carbons (Fsp3) is 0.385. The topological polar surface area (TPSA) is 59.1 Å². The SMILES string of the molecule is CC=Cc1cc(C(=O)Oc2c(F)c(F)c(F)c(F)c2F)ccc1N1CCCN(C(=O)OC(C)(C)C)CC1. The average Bonchev–Trinajstić information content (AvgIpc) is 3.09. The maximum absolute atomic E-state index is 14.0. The molecule has 0 N–H and O–H groups in total. The van der Waals surface area contributed by atoms with E-state index in [1.807, 2.05) is 4.90 Å². The second kappa shape index (κ2) is 11.2. The molecular weight excluding hydrogens is 499 g/mol. The molecule has 1 aliphatic heterocycles. The molecule has 0 bridgehead atoms. The van der Waals surface area contributed by atoms with Crippen molar-refractivity contribution in [2.75, 3.05) is 31.1 Å². The van der Waals surface area contributed by atoms with Crippen LogP contribution in [0, 0.1) is 29.1 Å². The smallest absolute Gasteiger partial charge is 0.410 e. The maximum atomic E-state index is 14.0. The van der Waals surface area contributed by atoms with E-state index < -0.39 is 52.5 Å². The van der Waals surface area contributed by atoms with Gasteiger partial charge in [-0.05, 0) is 57.9 Å². The summed E-state index contributed by atoms with van der Waals surface area (Å²) in [7, 11) is 0. The third-order valence-electron chi connectivity index (χ3n) is 5.46. The highest BCUT2D eigenvalue weighted by atomic mass is 19.2. The van der Waals surface area contributed by atoms with Crippen molar-refractivity contribution in [3.05, 3.63) is 64.5 Å². The van der Waals surface area contributed by atoms with Crippen LogP contribution < -0.4 is 9.64 Å². The van der Waals surface area contributed by atoms with Crippen LogP contribution in [0.1, 0.15) is 50.0 Å². The summed E-state index contributed by atoms with van der Waals surface area (Å²) in [6, 6.07) is 4.31. The Kier molecular flexibility index (Phi) is 8.45. The Morgan fingerprint density at radius 1 is 0.892 bits per heavy atom. The van der Waals surface area contributed by atoms with E-state index in [2.05, 4.69) is 4.74 Å². The fourth-order valence-electron chi connectivity index (χ4n) is 3.78. The standard InChI is InChI=1S/C26H27F5N2O4/c1-5-7-15-14-16(24(34)36-23-21(30)19(28)18(27)20(29)22(23)31)8-9-17(15)32-10-6-11-33(13-12-32)25(35)37-26(2,3)4/h5,7-9,14H,6,10-13H2,1-4H3. The molecule has 0 atom stereocenters. The lowest BCUT2D eigenvalue weighted by Crippen LogP contribution is -2.39. The van der Waals surface area contributed by atoms with Crippen LogP contribution in [0.15, 0.2) is 24.3 Å². The summed E-state index contributed by atoms with van der Waals surface area (Å²) in [5.41, 5.74) is 0.493. The lowest BCUT2D eigenvalue weighted by atomic mass is 10.1. The number of rotatable bonds is 4. The van der Waals surface area contributed by atoms with Gasteiger partial charge in [-0.3, -0.25) is 0 Å². The first-order valence-corrected chi connectivity index (χ1v) is 11.6. The van der Waals surface area contributed by atoms with E-state index in [4.69, 9.17) is 4.74 Å². The van der Waals surface area contributed by atoms with Crippen molar-refractivity contribution in [2.24, 2.45) is 0 Å². The van der Waals surface area contributed by atoms with E-state index >= 15 is 0 Å². The average molecular weight is 527 g/mol. The third-order valence-corrected chi connectivity index (χ3v) is 5.46. The highest BCUT2D eigenvalue weighted by molar-refractivity contribution is 5.93. The Balaban J connectivity index is 1.83. The van der Waals surface area contributed by atoms with Gasteiger partial charge in [-0.2, -0.15) is 8.78 Å². The second-order valence-corrected chi connectivity index (χ2v) is 9.37. The Bertz CT molecular complexity index is 1200. The van der Waals surface area contributed by atoms with Gasteiger partial charge in [-0.25, -0.2) is 22.8 Å². The van der Waals surface area contributed by atoms with Crippen molar-refractivity contribution in [1.82, 2.24) is 4.90 Å². The lowest BCUT2D eigenvalue weighted by Gasteiger charge is -2.27. The summed E-state index contributed by atoms with van der Waals surface area (Å²) >= 11 is 0. The van der Waals surface area contributed by atoms with Crippen LogP contribution in [0.5, 0.6) is 5.75 Å². The van der Waals surface area contributed by atoms with Crippen LogP contribution in [0.2, 0.25) is 0 Å². The van der Waals surface area contributed by atoms with E-state index in [9.17, 15) is 31.5 Å². The molecule has 0 radical (unpaired) electrons. The maximum Gasteiger partial charge on any atom is 0.410 e. The number of anilines is 1. The van der Waals surface area contributed by atoms with Gasteiger partial charge in [0.25, 0.3) is 0 Å². The molecule has 11 heteroatoms. The number of halogens is 5. The van der Waals surface area contributed by atoms with Crippen LogP contribution in [0.4, 0.5) is 32.4 Å². The predicted octanol–water partition coefficient (Wildman–Crippen LogP) is 6.08. The predicted molar refractivity (Wildman–Crippen MR) is 127 cm³/mol. The van der Waals surface area contributed by atoms with E-state index in [-0.39, 0.29) is 5.56 Å². The number of amides is 1. The second-order valence-electron chi connectivity index (χ2n) is 9.37. The molecule has 37 heavy (non-hydrogen) atoms. The Morgan fingerprint density at radius 2 is 1.51 bits per heavy atom. The van der Waals surface area contributed by atoms with E-state index in [0.29, 0.717) is 38.2 Å². The van der Waals surface area contributed by atoms with Gasteiger partial charge >= 0.3 is 12.1 Å². The number of allylic oxidation sites excluding steroid dienone is 1. The van der Waals surface area contributed by atoms with Crippen molar-refractivity contribution in [3.63, 3.8) is 0 Å². The van der Waals surface area contributed by atoms with Crippen LogP contribution in [0.3, 0.4) is 0 Å². The van der Waals surface area contributed by atoms with Crippen molar-refractivity contribution < 1.29 is 41.0 Å². The monoisotopic (exact) mass is 526 g/mol. The highest BCUT2D eigenvalue weighted by Gasteiger charge is 2.29. The quantitative estimate of drug-likeness (QED) is 0.159. The molecule has 0 aliphatic carbocycles. The minimum Gasteiger partial charge on any atom is -0.444 e. The first kappa shape index (κ1) is 27.9. The largest absolute Gasteiger partial charge is 0.444 e. The highest BCUT2D eigenvalue weighted by Crippen LogP contribution is 2.31. The van der Waals surface area contributed by atoms with Crippen LogP contribution in [-0.2, 0) is 4.74 Å². The number of esters is 1. The first-order chi connectivity index (χ1) is 17.3. The number of hydrogen-bond donors (Lipinski definition) is 0. The minimum atomic E-state index is -2.35. The van der Waals surface area contributed by atoms with Crippen molar-refractivity contribution in [2.45, 2.75) is 39.7 Å². The molecule has 1 heterocycles. The van der Waals surface area contributed by atoms with Gasteiger partial charge in [-0.1, -0.05) is 12.2 Å². The number of nitrogens with zero attached hydrogens (tertiary/aromatic N) is 2. The van der Waals surface area contributed by atoms with Gasteiger partial charge in [-0.15, -0.1) is 0 Å². The number of hydrogen-bond acceptors (Lipinski definition) is 5. The summed E-state index contributed by atoms with van der Waals surface area (Å²) in [6.07, 6.45) is 3.65. The number of benzene rings is 2. The minimum absolute atomic E-state index is 0.161. The zero-order valence-electron chi connectivity index (χ0n) is 20.8. The molecule has 1 aliphatic rings. The molecular formula is C26H27F5N2O4. The van der Waals surface area contributed by atoms with Crippen molar-refractivity contribution in [3.8, 4) is 5.75 Å². The van der Waals surface area contributed by atoms with E-state index in [1.165, 1.54) is 12.1 Å². The molecule has 0 aromatic heterocycles. The molecule has 6 nitrogen and oxygen atoms in total. The van der Waals surface area contributed by atoms with Gasteiger partial charge in [0.1, 0.15) is 5.60 Å². The van der Waals surface area contributed by atoms with Crippen molar-refractivity contribution in [1.29, 1.82) is 0 Å². The summed E-state index contributed by atoms with van der Waals surface area (Å²) in [5.74, 6) is -14.2. The molecule has 0 spiro atoms. The van der Waals surface area contributed by atoms with Crippen LogP contribution >= 0.6 is 0 Å². The Labute approximate surface area is 211 Å². The Morgan fingerprint density at radius 3 is 2.11 bits per heavy atom. The fourth-order valence-corrected chi connectivity index (χ4v) is 3.78. The number of carbonyl (C=O) groups is 2. The van der Waals surface area contributed by atoms with Gasteiger partial charge in [0.05, 0.1) is 5.56 Å². The molecule has 2 aromatic rings. The van der Waals surface area contributed by atoms with Crippen LogP contribution in [-0.4, -0.2) is 48.7 Å². The zero-order chi connectivity index (χ0) is 27.5. The van der Waals surface area contributed by atoms with Crippen LogP contribution in [0.25, 0.3) is 6.08 Å². The van der Waals surface area contributed by atoms with Gasteiger partial charge in [0.2, 0.25) is 34.8 Å². The third kappa shape index (κ3) is 6.39. The molecule has 0 unspecified atom stereocenters. The zero-order valence-corrected chi connectivity index (χ0v) is 20.8. The number of ether oxygens (including phenoxy) is 2. The van der Waals surface area contributed by atoms with Gasteiger partial charge in [0.15, 0.2) is 0 Å². The molecule has 3 rings (SSSR count). The molecule has 2 aromatic carbocycles. The van der Waals surface area contributed by atoms with Crippen molar-refractivity contribution >= 4 is 23.8 Å². The number of carbonyl (C=O) groups excluding carboxylic acids is 2. The molecule has 1 saturated heterocycles. The van der Waals surface area contributed by atoms with Gasteiger partial charge < -0.3 is 19.3 Å². The van der Waals surface area contributed by atoms with Gasteiger partial charge in [0, 0.05) is 31.9 Å². The summed E-state index contributed by atoms with van der Waals surface area (Å²) < 4.78 is 78.1. The summed E-state index contributed by atoms with van der Waals surface area (Å²) in [4.78, 5) is 28.7. The normalized spacial score (nSPS) is 14.6. The lowest BCUT2D eigenvalue weighted by molar-refractivity contribution is 0.0263. The summed E-state index contributed by atoms with van der Waals surface area (Å²) in [6.45, 7) is 9.07.